The van der Waals surface area contributed by atoms with Crippen molar-refractivity contribution in [3.8, 4) is 0 Å². The van der Waals surface area contributed by atoms with Gasteiger partial charge in [0, 0.05) is 29.9 Å². The number of alkyl halides is 2. The molecule has 0 atom stereocenters. The van der Waals surface area contributed by atoms with Gasteiger partial charge in [-0.1, -0.05) is 20.8 Å². The molecule has 0 saturated carbocycles. The van der Waals surface area contributed by atoms with E-state index in [0.717, 1.165) is 25.0 Å². The highest BCUT2D eigenvalue weighted by molar-refractivity contribution is 6.21. The number of aromatic nitrogens is 2. The van der Waals surface area contributed by atoms with Gasteiger partial charge >= 0.3 is 0 Å². The molecule has 0 saturated heterocycles. The number of halogens is 2. The highest BCUT2D eigenvalue weighted by atomic mass is 35.5. The summed E-state index contributed by atoms with van der Waals surface area (Å²) in [5.41, 5.74) is 2.35. The van der Waals surface area contributed by atoms with E-state index >= 15 is 0 Å². The summed E-state index contributed by atoms with van der Waals surface area (Å²) >= 11 is 12.4. The molecule has 0 spiro atoms. The van der Waals surface area contributed by atoms with Gasteiger partial charge in [0.2, 0.25) is 0 Å². The highest BCUT2D eigenvalue weighted by Gasteiger charge is 2.31. The third-order valence-electron chi connectivity index (χ3n) is 3.35. The molecule has 1 heterocycles. The fourth-order valence-corrected chi connectivity index (χ4v) is 3.16. The van der Waals surface area contributed by atoms with E-state index in [1.165, 1.54) is 5.69 Å². The van der Waals surface area contributed by atoms with Gasteiger partial charge < -0.3 is 0 Å². The van der Waals surface area contributed by atoms with Gasteiger partial charge in [0.15, 0.2) is 0 Å². The lowest BCUT2D eigenvalue weighted by atomic mass is 9.79. The predicted octanol–water partition coefficient (Wildman–Crippen LogP) is 4.04. The predicted molar refractivity (Wildman–Crippen MR) is 79.6 cm³/mol. The minimum absolute atomic E-state index is 0.0178. The lowest BCUT2D eigenvalue weighted by molar-refractivity contribution is 0.289. The van der Waals surface area contributed by atoms with E-state index in [4.69, 9.17) is 23.2 Å². The van der Waals surface area contributed by atoms with Crippen LogP contribution in [0.25, 0.3) is 0 Å². The maximum atomic E-state index is 6.20. The first-order valence-electron chi connectivity index (χ1n) is 6.60. The first-order chi connectivity index (χ1) is 8.46. The highest BCUT2D eigenvalue weighted by Crippen LogP contribution is 2.33. The van der Waals surface area contributed by atoms with Crippen LogP contribution in [0.1, 0.15) is 38.6 Å². The van der Waals surface area contributed by atoms with E-state index in [2.05, 4.69) is 31.9 Å². The molecule has 2 nitrogen and oxygen atoms in total. The number of nitrogens with zero attached hydrogens (tertiary/aromatic N) is 2. The second kappa shape index (κ2) is 6.81. The SMILES string of the molecule is CCc1cc(CC(CCl)(CCl)CC(C)C)n(C)n1. The van der Waals surface area contributed by atoms with Crippen LogP contribution in [0.2, 0.25) is 0 Å². The Labute approximate surface area is 121 Å². The van der Waals surface area contributed by atoms with Gasteiger partial charge in [0.25, 0.3) is 0 Å². The quantitative estimate of drug-likeness (QED) is 0.693. The van der Waals surface area contributed by atoms with Crippen LogP contribution < -0.4 is 0 Å². The molecule has 1 aromatic heterocycles. The molecule has 0 aliphatic rings. The summed E-state index contributed by atoms with van der Waals surface area (Å²) in [6.07, 6.45) is 2.92. The minimum atomic E-state index is -0.0178. The van der Waals surface area contributed by atoms with E-state index in [1.807, 2.05) is 11.7 Å². The first kappa shape index (κ1) is 15.8. The maximum absolute atomic E-state index is 6.20. The molecule has 0 fully saturated rings. The van der Waals surface area contributed by atoms with Gasteiger partial charge in [-0.2, -0.15) is 5.10 Å². The molecule has 1 aromatic rings. The van der Waals surface area contributed by atoms with E-state index in [9.17, 15) is 0 Å². The third-order valence-corrected chi connectivity index (χ3v) is 4.49. The molecular formula is C14H24Cl2N2. The summed E-state index contributed by atoms with van der Waals surface area (Å²) in [5.74, 6) is 1.80. The van der Waals surface area contributed by atoms with Crippen LogP contribution in [0.4, 0.5) is 0 Å². The maximum Gasteiger partial charge on any atom is 0.0624 e. The molecule has 4 heteroatoms. The van der Waals surface area contributed by atoms with Gasteiger partial charge in [-0.15, -0.1) is 23.2 Å². The molecule has 0 N–H and O–H groups in total. The zero-order valence-corrected chi connectivity index (χ0v) is 13.4. The molecule has 0 unspecified atom stereocenters. The van der Waals surface area contributed by atoms with Crippen molar-refractivity contribution in [2.45, 2.75) is 40.0 Å². The van der Waals surface area contributed by atoms with Crippen molar-refractivity contribution in [1.82, 2.24) is 9.78 Å². The van der Waals surface area contributed by atoms with E-state index < -0.39 is 0 Å². The normalized spacial score (nSPS) is 12.4. The van der Waals surface area contributed by atoms with Crippen LogP contribution in [0.3, 0.4) is 0 Å². The largest absolute Gasteiger partial charge is 0.272 e. The summed E-state index contributed by atoms with van der Waals surface area (Å²) in [6.45, 7) is 6.56. The molecule has 0 amide bonds. The lowest BCUT2D eigenvalue weighted by Gasteiger charge is -2.31. The zero-order valence-electron chi connectivity index (χ0n) is 11.8. The Morgan fingerprint density at radius 2 is 1.94 bits per heavy atom. The molecule has 0 radical (unpaired) electrons. The summed E-state index contributed by atoms with van der Waals surface area (Å²) in [4.78, 5) is 0. The molecule has 18 heavy (non-hydrogen) atoms. The van der Waals surface area contributed by atoms with Crippen molar-refractivity contribution in [3.05, 3.63) is 17.5 Å². The molecule has 0 bridgehead atoms. The molecular weight excluding hydrogens is 267 g/mol. The topological polar surface area (TPSA) is 17.8 Å². The zero-order chi connectivity index (χ0) is 13.8. The monoisotopic (exact) mass is 290 g/mol. The number of hydrogen-bond donors (Lipinski definition) is 0. The van der Waals surface area contributed by atoms with E-state index in [-0.39, 0.29) is 5.41 Å². The fraction of sp³-hybridized carbons (Fsp3) is 0.786. The van der Waals surface area contributed by atoms with Crippen molar-refractivity contribution in [2.24, 2.45) is 18.4 Å². The van der Waals surface area contributed by atoms with Crippen molar-refractivity contribution in [1.29, 1.82) is 0 Å². The Bertz CT molecular complexity index is 368. The second-order valence-electron chi connectivity index (χ2n) is 5.65. The summed E-state index contributed by atoms with van der Waals surface area (Å²) in [7, 11) is 2.00. The van der Waals surface area contributed by atoms with Gasteiger partial charge in [0.1, 0.15) is 0 Å². The molecule has 0 aromatic carbocycles. The Hall–Kier alpha value is -0.210. The van der Waals surface area contributed by atoms with Gasteiger partial charge in [-0.25, -0.2) is 0 Å². The average molecular weight is 291 g/mol. The average Bonchev–Trinajstić information content (AvgIpc) is 2.68. The Morgan fingerprint density at radius 1 is 1.33 bits per heavy atom. The molecule has 0 aliphatic carbocycles. The van der Waals surface area contributed by atoms with Crippen LogP contribution in [0, 0.1) is 11.3 Å². The fourth-order valence-electron chi connectivity index (χ4n) is 2.47. The van der Waals surface area contributed by atoms with Gasteiger partial charge in [-0.05, 0) is 31.2 Å². The van der Waals surface area contributed by atoms with Gasteiger partial charge in [-0.3, -0.25) is 4.68 Å². The van der Waals surface area contributed by atoms with Crippen LogP contribution in [0.5, 0.6) is 0 Å². The Morgan fingerprint density at radius 3 is 2.33 bits per heavy atom. The minimum Gasteiger partial charge on any atom is -0.272 e. The lowest BCUT2D eigenvalue weighted by Crippen LogP contribution is -2.30. The van der Waals surface area contributed by atoms with E-state index in [1.54, 1.807) is 0 Å². The number of rotatable bonds is 7. The first-order valence-corrected chi connectivity index (χ1v) is 7.67. The van der Waals surface area contributed by atoms with Gasteiger partial charge in [0.05, 0.1) is 5.69 Å². The smallest absolute Gasteiger partial charge is 0.0624 e. The number of hydrogen-bond acceptors (Lipinski definition) is 1. The Kier molecular flexibility index (Phi) is 6.00. The summed E-state index contributed by atoms with van der Waals surface area (Å²) < 4.78 is 1.97. The summed E-state index contributed by atoms with van der Waals surface area (Å²) in [6, 6.07) is 2.17. The standard InChI is InChI=1S/C14H24Cl2N2/c1-5-12-6-13(18(4)17-12)8-14(9-15,10-16)7-11(2)3/h6,11H,5,7-10H2,1-4H3. The van der Waals surface area contributed by atoms with Crippen molar-refractivity contribution in [3.63, 3.8) is 0 Å². The van der Waals surface area contributed by atoms with Crippen molar-refractivity contribution in [2.75, 3.05) is 11.8 Å². The molecule has 104 valence electrons. The Balaban J connectivity index is 2.91. The van der Waals surface area contributed by atoms with Crippen molar-refractivity contribution >= 4 is 23.2 Å². The molecule has 0 aliphatic heterocycles. The van der Waals surface area contributed by atoms with Crippen LogP contribution in [-0.2, 0) is 19.9 Å². The van der Waals surface area contributed by atoms with Crippen LogP contribution >= 0.6 is 23.2 Å². The van der Waals surface area contributed by atoms with Crippen LogP contribution in [0.15, 0.2) is 6.07 Å². The van der Waals surface area contributed by atoms with E-state index in [0.29, 0.717) is 17.7 Å². The van der Waals surface area contributed by atoms with Crippen LogP contribution in [-0.4, -0.2) is 21.5 Å². The second-order valence-corrected chi connectivity index (χ2v) is 6.18. The number of aryl methyl sites for hydroxylation is 2. The van der Waals surface area contributed by atoms with Crippen molar-refractivity contribution < 1.29 is 0 Å². The molecule has 1 rings (SSSR count). The summed E-state index contributed by atoms with van der Waals surface area (Å²) in [5, 5.41) is 4.49. The third kappa shape index (κ3) is 3.89.